The number of rotatable bonds is 2. The molecule has 0 saturated carbocycles. The van der Waals surface area contributed by atoms with Gasteiger partial charge in [-0.1, -0.05) is 0 Å². The Hall–Kier alpha value is -1.37. The van der Waals surface area contributed by atoms with Crippen molar-refractivity contribution in [2.24, 2.45) is 0 Å². The molecule has 1 aromatic rings. The van der Waals surface area contributed by atoms with Crippen LogP contribution in [0.4, 0.5) is 10.6 Å². The van der Waals surface area contributed by atoms with Gasteiger partial charge in [-0.05, 0) is 74.5 Å². The summed E-state index contributed by atoms with van der Waals surface area (Å²) in [7, 11) is 2.06. The van der Waals surface area contributed by atoms with Gasteiger partial charge in [0.25, 0.3) is 0 Å². The Kier molecular flexibility index (Phi) is 4.73. The molecule has 2 saturated heterocycles. The van der Waals surface area contributed by atoms with Gasteiger partial charge in [0.15, 0.2) is 5.82 Å². The molecule has 132 valence electrons. The van der Waals surface area contributed by atoms with Gasteiger partial charge in [0, 0.05) is 25.2 Å². The second kappa shape index (κ2) is 6.50. The van der Waals surface area contributed by atoms with Gasteiger partial charge < -0.3 is 14.5 Å². The van der Waals surface area contributed by atoms with Crippen molar-refractivity contribution in [3.8, 4) is 0 Å². The molecule has 3 rings (SSSR count). The number of anilines is 1. The number of hydrogen-bond donors (Lipinski definition) is 0. The summed E-state index contributed by atoms with van der Waals surface area (Å²) in [5.41, 5.74) is -0.447. The Labute approximate surface area is 151 Å². The average molecular weight is 397 g/mol. The zero-order chi connectivity index (χ0) is 17.5. The van der Waals surface area contributed by atoms with Crippen LogP contribution < -0.4 is 4.90 Å². The smallest absolute Gasteiger partial charge is 0.410 e. The highest BCUT2D eigenvalue weighted by Crippen LogP contribution is 2.39. The quantitative estimate of drug-likeness (QED) is 0.763. The van der Waals surface area contributed by atoms with Crippen molar-refractivity contribution >= 4 is 27.8 Å². The molecule has 0 N–H and O–H groups in total. The van der Waals surface area contributed by atoms with Crippen molar-refractivity contribution in [2.45, 2.75) is 70.2 Å². The van der Waals surface area contributed by atoms with E-state index < -0.39 is 5.60 Å². The minimum Gasteiger partial charge on any atom is -0.444 e. The molecule has 0 aromatic carbocycles. The number of aromatic nitrogens is 2. The van der Waals surface area contributed by atoms with Gasteiger partial charge in [-0.2, -0.15) is 0 Å². The summed E-state index contributed by atoms with van der Waals surface area (Å²) in [5, 5.41) is 8.32. The maximum Gasteiger partial charge on any atom is 0.410 e. The predicted octanol–water partition coefficient (Wildman–Crippen LogP) is 3.61. The number of amides is 1. The van der Waals surface area contributed by atoms with Crippen LogP contribution in [0.25, 0.3) is 0 Å². The summed E-state index contributed by atoms with van der Waals surface area (Å²) in [6.07, 6.45) is 3.84. The van der Waals surface area contributed by atoms with Crippen molar-refractivity contribution in [1.82, 2.24) is 15.1 Å². The molecule has 2 fully saturated rings. The van der Waals surface area contributed by atoms with Crippen LogP contribution in [0.2, 0.25) is 0 Å². The van der Waals surface area contributed by atoms with E-state index in [1.807, 2.05) is 37.8 Å². The maximum atomic E-state index is 12.5. The third kappa shape index (κ3) is 3.66. The molecule has 1 unspecified atom stereocenters. The second-order valence-corrected chi connectivity index (χ2v) is 8.54. The van der Waals surface area contributed by atoms with Crippen molar-refractivity contribution < 1.29 is 9.53 Å². The molecular formula is C17H25BrN4O2. The first-order chi connectivity index (χ1) is 11.2. The molecule has 1 aromatic heterocycles. The van der Waals surface area contributed by atoms with E-state index in [1.54, 1.807) is 0 Å². The van der Waals surface area contributed by atoms with E-state index in [0.29, 0.717) is 6.04 Å². The number of halogens is 1. The van der Waals surface area contributed by atoms with Crippen molar-refractivity contribution in [1.29, 1.82) is 0 Å². The van der Waals surface area contributed by atoms with E-state index in [4.69, 9.17) is 4.74 Å². The topological polar surface area (TPSA) is 58.6 Å². The Balaban J connectivity index is 1.68. The summed E-state index contributed by atoms with van der Waals surface area (Å²) >= 11 is 3.32. The van der Waals surface area contributed by atoms with Crippen molar-refractivity contribution in [3.05, 3.63) is 16.7 Å². The number of nitrogens with zero attached hydrogens (tertiary/aromatic N) is 4. The molecule has 7 heteroatoms. The fourth-order valence-corrected chi connectivity index (χ4v) is 3.97. The minimum atomic E-state index is -0.447. The molecule has 2 aliphatic rings. The van der Waals surface area contributed by atoms with E-state index in [-0.39, 0.29) is 18.2 Å². The van der Waals surface area contributed by atoms with Crippen LogP contribution in [0.1, 0.15) is 46.5 Å². The third-order valence-electron chi connectivity index (χ3n) is 4.84. The lowest BCUT2D eigenvalue weighted by Crippen LogP contribution is -2.53. The lowest BCUT2D eigenvalue weighted by molar-refractivity contribution is 0.00597. The fraction of sp³-hybridized carbons (Fsp3) is 0.706. The minimum absolute atomic E-state index is 0.167. The number of hydrogen-bond acceptors (Lipinski definition) is 5. The molecule has 0 aliphatic carbocycles. The lowest BCUT2D eigenvalue weighted by Gasteiger charge is -2.42. The van der Waals surface area contributed by atoms with Crippen LogP contribution in [0.3, 0.4) is 0 Å². The van der Waals surface area contributed by atoms with E-state index in [9.17, 15) is 4.79 Å². The second-order valence-electron chi connectivity index (χ2n) is 7.72. The van der Waals surface area contributed by atoms with E-state index in [2.05, 4.69) is 38.1 Å². The summed E-state index contributed by atoms with van der Waals surface area (Å²) in [6, 6.07) is 4.77. The molecular weight excluding hydrogens is 372 g/mol. The molecule has 0 radical (unpaired) electrons. The largest absolute Gasteiger partial charge is 0.444 e. The summed E-state index contributed by atoms with van der Waals surface area (Å²) in [6.45, 7) is 5.75. The first-order valence-corrected chi connectivity index (χ1v) is 9.27. The molecule has 3 atom stereocenters. The third-order valence-corrected chi connectivity index (χ3v) is 5.26. The zero-order valence-electron chi connectivity index (χ0n) is 14.7. The molecule has 0 spiro atoms. The van der Waals surface area contributed by atoms with Crippen LogP contribution in [0.15, 0.2) is 16.7 Å². The van der Waals surface area contributed by atoms with E-state index in [0.717, 1.165) is 36.1 Å². The number of carbonyl (C=O) groups excluding carboxylic acids is 1. The van der Waals surface area contributed by atoms with Crippen LogP contribution in [-0.4, -0.2) is 52.0 Å². The van der Waals surface area contributed by atoms with Crippen molar-refractivity contribution in [2.75, 3.05) is 11.9 Å². The number of fused-ring (bicyclic) bond motifs is 2. The lowest BCUT2D eigenvalue weighted by atomic mass is 9.96. The maximum absolute atomic E-state index is 12.5. The van der Waals surface area contributed by atoms with Gasteiger partial charge in [-0.25, -0.2) is 4.79 Å². The number of carbonyl (C=O) groups is 1. The highest BCUT2D eigenvalue weighted by atomic mass is 79.9. The van der Waals surface area contributed by atoms with Crippen LogP contribution >= 0.6 is 15.9 Å². The van der Waals surface area contributed by atoms with Gasteiger partial charge in [-0.3, -0.25) is 0 Å². The predicted molar refractivity (Wildman–Crippen MR) is 96.0 cm³/mol. The summed E-state index contributed by atoms with van der Waals surface area (Å²) in [5.74, 6) is 0.869. The van der Waals surface area contributed by atoms with Gasteiger partial charge >= 0.3 is 6.09 Å². The highest BCUT2D eigenvalue weighted by Gasteiger charge is 2.45. The fourth-order valence-electron chi connectivity index (χ4n) is 3.76. The molecule has 1 amide bonds. The van der Waals surface area contributed by atoms with Crippen LogP contribution in [0, 0.1) is 0 Å². The Morgan fingerprint density at radius 3 is 2.38 bits per heavy atom. The van der Waals surface area contributed by atoms with Gasteiger partial charge in [0.1, 0.15) is 10.2 Å². The Morgan fingerprint density at radius 1 is 1.25 bits per heavy atom. The zero-order valence-corrected chi connectivity index (χ0v) is 16.3. The average Bonchev–Trinajstić information content (AvgIpc) is 2.76. The van der Waals surface area contributed by atoms with Gasteiger partial charge in [0.2, 0.25) is 0 Å². The molecule has 24 heavy (non-hydrogen) atoms. The van der Waals surface area contributed by atoms with Crippen LogP contribution in [-0.2, 0) is 4.74 Å². The van der Waals surface area contributed by atoms with Crippen molar-refractivity contribution in [3.63, 3.8) is 0 Å². The molecule has 2 aliphatic heterocycles. The van der Waals surface area contributed by atoms with Gasteiger partial charge in [-0.15, -0.1) is 10.2 Å². The monoisotopic (exact) mass is 396 g/mol. The molecule has 3 heterocycles. The van der Waals surface area contributed by atoms with Gasteiger partial charge in [0.05, 0.1) is 0 Å². The number of piperidine rings is 1. The first-order valence-electron chi connectivity index (χ1n) is 8.48. The molecule has 2 bridgehead atoms. The highest BCUT2D eigenvalue weighted by molar-refractivity contribution is 9.10. The normalized spacial score (nSPS) is 26.4. The number of ether oxygens (including phenoxy) is 1. The summed E-state index contributed by atoms with van der Waals surface area (Å²) in [4.78, 5) is 16.7. The summed E-state index contributed by atoms with van der Waals surface area (Å²) < 4.78 is 6.33. The van der Waals surface area contributed by atoms with E-state index >= 15 is 0 Å². The SMILES string of the molecule is CN(c1ccc(Br)nn1)C1C[C@H]2CC[C@@H](C1)N2C(=O)OC(C)(C)C. The van der Waals surface area contributed by atoms with E-state index in [1.165, 1.54) is 0 Å². The standard InChI is InChI=1S/C17H25BrN4O2/c1-17(2,3)24-16(23)22-11-5-6-12(22)10-13(9-11)21(4)15-8-7-14(18)19-20-15/h7-8,11-13H,5-6,9-10H2,1-4H3/t11-,12+,13?. The Morgan fingerprint density at radius 2 is 1.88 bits per heavy atom. The molecule has 6 nitrogen and oxygen atoms in total. The Bertz CT molecular complexity index is 588. The van der Waals surface area contributed by atoms with Crippen LogP contribution in [0.5, 0.6) is 0 Å². The first kappa shape index (κ1) is 17.5.